The molecule has 0 atom stereocenters. The Morgan fingerprint density at radius 1 is 1.04 bits per heavy atom. The monoisotopic (exact) mass is 352 g/mol. The van der Waals surface area contributed by atoms with Gasteiger partial charge in [-0.25, -0.2) is 8.78 Å². The molecule has 1 saturated carbocycles. The molecule has 0 N–H and O–H groups in total. The van der Waals surface area contributed by atoms with Crippen molar-refractivity contribution >= 4 is 5.97 Å². The van der Waals surface area contributed by atoms with Gasteiger partial charge in [0.2, 0.25) is 0 Å². The van der Waals surface area contributed by atoms with E-state index in [-0.39, 0.29) is 17.6 Å². The SMILES string of the molecule is CCCCCCCC[C@H]1CC[C@H](C(=O)Oc2ccc(F)cc2F)CC1. The molecule has 0 amide bonds. The first-order chi connectivity index (χ1) is 12.1. The summed E-state index contributed by atoms with van der Waals surface area (Å²) in [6.45, 7) is 2.23. The molecule has 1 fully saturated rings. The van der Waals surface area contributed by atoms with Crippen LogP contribution in [0.5, 0.6) is 5.75 Å². The highest BCUT2D eigenvalue weighted by atomic mass is 19.1. The van der Waals surface area contributed by atoms with Crippen molar-refractivity contribution in [3.05, 3.63) is 29.8 Å². The van der Waals surface area contributed by atoms with Crippen LogP contribution in [0, 0.1) is 23.5 Å². The van der Waals surface area contributed by atoms with Crippen molar-refractivity contribution in [2.45, 2.75) is 77.6 Å². The zero-order valence-corrected chi connectivity index (χ0v) is 15.2. The Bertz CT molecular complexity index is 537. The smallest absolute Gasteiger partial charge is 0.314 e. The van der Waals surface area contributed by atoms with Crippen molar-refractivity contribution < 1.29 is 18.3 Å². The van der Waals surface area contributed by atoms with Crippen LogP contribution in [0.25, 0.3) is 0 Å². The minimum Gasteiger partial charge on any atom is -0.423 e. The molecule has 1 aromatic rings. The van der Waals surface area contributed by atoms with E-state index >= 15 is 0 Å². The summed E-state index contributed by atoms with van der Waals surface area (Å²) in [5.74, 6) is -1.52. The van der Waals surface area contributed by atoms with Crippen LogP contribution in [0.15, 0.2) is 18.2 Å². The highest BCUT2D eigenvalue weighted by molar-refractivity contribution is 5.75. The van der Waals surface area contributed by atoms with E-state index in [1.54, 1.807) is 0 Å². The van der Waals surface area contributed by atoms with Gasteiger partial charge in [0, 0.05) is 6.07 Å². The third-order valence-electron chi connectivity index (χ3n) is 5.25. The topological polar surface area (TPSA) is 26.3 Å². The lowest BCUT2D eigenvalue weighted by Crippen LogP contribution is -2.26. The number of halogens is 2. The van der Waals surface area contributed by atoms with Gasteiger partial charge in [0.15, 0.2) is 11.6 Å². The van der Waals surface area contributed by atoms with Crippen LogP contribution in [0.1, 0.15) is 77.6 Å². The van der Waals surface area contributed by atoms with Crippen molar-refractivity contribution in [2.75, 3.05) is 0 Å². The molecule has 0 spiro atoms. The summed E-state index contributed by atoms with van der Waals surface area (Å²) in [6, 6.07) is 3.01. The molecule has 1 aliphatic rings. The third kappa shape index (κ3) is 6.75. The number of rotatable bonds is 9. The number of carbonyl (C=O) groups is 1. The summed E-state index contributed by atoms with van der Waals surface area (Å²) in [5.41, 5.74) is 0. The van der Waals surface area contributed by atoms with Crippen LogP contribution >= 0.6 is 0 Å². The van der Waals surface area contributed by atoms with Crippen LogP contribution in [-0.2, 0) is 4.79 Å². The summed E-state index contributed by atoms with van der Waals surface area (Å²) in [4.78, 5) is 12.2. The lowest BCUT2D eigenvalue weighted by molar-refractivity contribution is -0.140. The summed E-state index contributed by atoms with van der Waals surface area (Å²) in [7, 11) is 0. The maximum atomic E-state index is 13.6. The van der Waals surface area contributed by atoms with Crippen LogP contribution in [0.2, 0.25) is 0 Å². The van der Waals surface area contributed by atoms with Crippen molar-refractivity contribution in [3.8, 4) is 5.75 Å². The van der Waals surface area contributed by atoms with Gasteiger partial charge in [-0.2, -0.15) is 0 Å². The lowest BCUT2D eigenvalue weighted by atomic mass is 9.80. The van der Waals surface area contributed by atoms with Crippen LogP contribution in [0.3, 0.4) is 0 Å². The maximum absolute atomic E-state index is 13.6. The Labute approximate surface area is 150 Å². The summed E-state index contributed by atoms with van der Waals surface area (Å²) in [5, 5.41) is 0. The molecule has 0 heterocycles. The van der Waals surface area contributed by atoms with Gasteiger partial charge in [-0.05, 0) is 43.7 Å². The highest BCUT2D eigenvalue weighted by Crippen LogP contribution is 2.33. The average Bonchev–Trinajstić information content (AvgIpc) is 2.61. The van der Waals surface area contributed by atoms with E-state index in [0.29, 0.717) is 5.92 Å². The van der Waals surface area contributed by atoms with Crippen LogP contribution < -0.4 is 4.74 Å². The number of benzene rings is 1. The second-order valence-electron chi connectivity index (χ2n) is 7.27. The predicted molar refractivity (Wildman–Crippen MR) is 95.4 cm³/mol. The Morgan fingerprint density at radius 3 is 2.40 bits per heavy atom. The standard InChI is InChI=1S/C21H30F2O2/c1-2-3-4-5-6-7-8-16-9-11-17(12-10-16)21(24)25-20-14-13-18(22)15-19(20)23/h13-17H,2-12H2,1H3/t16-,17-. The highest BCUT2D eigenvalue weighted by Gasteiger charge is 2.28. The normalized spacial score (nSPS) is 20.4. The third-order valence-corrected chi connectivity index (χ3v) is 5.25. The molecule has 0 saturated heterocycles. The fourth-order valence-corrected chi connectivity index (χ4v) is 3.65. The molecule has 25 heavy (non-hydrogen) atoms. The van der Waals surface area contributed by atoms with Crippen LogP contribution in [0.4, 0.5) is 8.78 Å². The van der Waals surface area contributed by atoms with Crippen molar-refractivity contribution in [2.24, 2.45) is 11.8 Å². The van der Waals surface area contributed by atoms with Gasteiger partial charge in [0.05, 0.1) is 5.92 Å². The number of carbonyl (C=O) groups excluding carboxylic acids is 1. The van der Waals surface area contributed by atoms with Crippen molar-refractivity contribution in [1.82, 2.24) is 0 Å². The van der Waals surface area contributed by atoms with Gasteiger partial charge < -0.3 is 4.74 Å². The summed E-state index contributed by atoms with van der Waals surface area (Å²) < 4.78 is 31.6. The van der Waals surface area contributed by atoms with Gasteiger partial charge in [0.1, 0.15) is 5.82 Å². The molecule has 4 heteroatoms. The Balaban J connectivity index is 1.66. The molecule has 0 unspecified atom stereocenters. The van der Waals surface area contributed by atoms with Gasteiger partial charge >= 0.3 is 5.97 Å². The van der Waals surface area contributed by atoms with Gasteiger partial charge in [0.25, 0.3) is 0 Å². The van der Waals surface area contributed by atoms with E-state index in [4.69, 9.17) is 4.74 Å². The average molecular weight is 352 g/mol. The maximum Gasteiger partial charge on any atom is 0.314 e. The molecule has 0 radical (unpaired) electrons. The number of esters is 1. The van der Waals surface area contributed by atoms with Gasteiger partial charge in [-0.1, -0.05) is 51.9 Å². The van der Waals surface area contributed by atoms with Gasteiger partial charge in [-0.15, -0.1) is 0 Å². The fraction of sp³-hybridized carbons (Fsp3) is 0.667. The largest absolute Gasteiger partial charge is 0.423 e. The molecule has 140 valence electrons. The molecular weight excluding hydrogens is 322 g/mol. The summed E-state index contributed by atoms with van der Waals surface area (Å²) in [6.07, 6.45) is 12.8. The first-order valence-corrected chi connectivity index (χ1v) is 9.77. The van der Waals surface area contributed by atoms with E-state index in [0.717, 1.165) is 37.8 Å². The number of hydrogen-bond donors (Lipinski definition) is 0. The van der Waals surface area contributed by atoms with E-state index < -0.39 is 11.6 Å². The number of ether oxygens (including phenoxy) is 1. The van der Waals surface area contributed by atoms with E-state index in [1.807, 2.05) is 0 Å². The number of unbranched alkanes of at least 4 members (excludes halogenated alkanes) is 5. The quantitative estimate of drug-likeness (QED) is 0.291. The Kier molecular flexibility index (Phi) is 8.36. The minimum absolute atomic E-state index is 0.162. The Morgan fingerprint density at radius 2 is 1.72 bits per heavy atom. The molecule has 0 aliphatic heterocycles. The predicted octanol–water partition coefficient (Wildman–Crippen LogP) is 6.43. The zero-order chi connectivity index (χ0) is 18.1. The second-order valence-corrected chi connectivity index (χ2v) is 7.27. The zero-order valence-electron chi connectivity index (χ0n) is 15.2. The molecule has 0 bridgehead atoms. The fourth-order valence-electron chi connectivity index (χ4n) is 3.65. The number of hydrogen-bond acceptors (Lipinski definition) is 2. The molecule has 1 aromatic carbocycles. The first kappa shape index (κ1) is 19.9. The van der Waals surface area contributed by atoms with Crippen molar-refractivity contribution in [1.29, 1.82) is 0 Å². The lowest BCUT2D eigenvalue weighted by Gasteiger charge is -2.27. The summed E-state index contributed by atoms with van der Waals surface area (Å²) >= 11 is 0. The van der Waals surface area contributed by atoms with Gasteiger partial charge in [-0.3, -0.25) is 4.79 Å². The second kappa shape index (κ2) is 10.5. The minimum atomic E-state index is -0.829. The van der Waals surface area contributed by atoms with Crippen molar-refractivity contribution in [3.63, 3.8) is 0 Å². The van der Waals surface area contributed by atoms with E-state index in [9.17, 15) is 13.6 Å². The first-order valence-electron chi connectivity index (χ1n) is 9.77. The molecule has 0 aromatic heterocycles. The molecule has 2 rings (SSSR count). The van der Waals surface area contributed by atoms with Crippen LogP contribution in [-0.4, -0.2) is 5.97 Å². The molecule has 1 aliphatic carbocycles. The Hall–Kier alpha value is -1.45. The molecule has 2 nitrogen and oxygen atoms in total. The van der Waals surface area contributed by atoms with E-state index in [2.05, 4.69) is 6.92 Å². The molecular formula is C21H30F2O2. The van der Waals surface area contributed by atoms with E-state index in [1.165, 1.54) is 51.0 Å².